The molecular formula is C22H26N2O3. The maximum atomic E-state index is 13.0. The number of hydrogen-bond acceptors (Lipinski definition) is 3. The van der Waals surface area contributed by atoms with Crippen molar-refractivity contribution in [2.75, 3.05) is 33.8 Å². The molecule has 2 aromatic carbocycles. The smallest absolute Gasteiger partial charge is 0.253 e. The second-order valence-corrected chi connectivity index (χ2v) is 6.92. The number of carbonyl (C=O) groups excluding carboxylic acids is 2. The van der Waals surface area contributed by atoms with Crippen molar-refractivity contribution >= 4 is 11.8 Å². The van der Waals surface area contributed by atoms with Crippen LogP contribution in [-0.4, -0.2) is 55.4 Å². The first-order valence-electron chi connectivity index (χ1n) is 9.28. The summed E-state index contributed by atoms with van der Waals surface area (Å²) >= 11 is 0. The van der Waals surface area contributed by atoms with E-state index in [2.05, 4.69) is 0 Å². The lowest BCUT2D eigenvalue weighted by Crippen LogP contribution is -2.36. The fourth-order valence-electron chi connectivity index (χ4n) is 3.63. The minimum atomic E-state index is -0.255. The van der Waals surface area contributed by atoms with Crippen molar-refractivity contribution < 1.29 is 14.3 Å². The molecule has 0 radical (unpaired) electrons. The Bertz CT molecular complexity index is 806. The van der Waals surface area contributed by atoms with Crippen molar-refractivity contribution in [2.24, 2.45) is 5.92 Å². The average Bonchev–Trinajstić information content (AvgIpc) is 3.18. The van der Waals surface area contributed by atoms with Crippen LogP contribution in [0.1, 0.15) is 28.8 Å². The summed E-state index contributed by atoms with van der Waals surface area (Å²) in [6.45, 7) is 3.56. The fourth-order valence-corrected chi connectivity index (χ4v) is 3.63. The Morgan fingerprint density at radius 2 is 1.85 bits per heavy atom. The zero-order chi connectivity index (χ0) is 19.4. The van der Waals surface area contributed by atoms with Crippen molar-refractivity contribution in [3.8, 4) is 5.75 Å². The molecule has 5 heteroatoms. The summed E-state index contributed by atoms with van der Waals surface area (Å²) in [6, 6.07) is 17.0. The van der Waals surface area contributed by atoms with Gasteiger partial charge < -0.3 is 14.5 Å². The molecule has 1 fully saturated rings. The quantitative estimate of drug-likeness (QED) is 0.817. The number of amides is 2. The minimum Gasteiger partial charge on any atom is -0.497 e. The highest BCUT2D eigenvalue weighted by molar-refractivity contribution is 5.95. The first-order valence-corrected chi connectivity index (χ1v) is 9.28. The first kappa shape index (κ1) is 19.0. The standard InChI is InChI=1S/C22H26N2O3/c1-4-23(2)22(26)20-15-24(21(25)16-9-6-5-7-10-16)14-19(20)17-11-8-12-18(13-17)27-3/h5-13,19-20H,4,14-15H2,1-3H3. The summed E-state index contributed by atoms with van der Waals surface area (Å²) in [4.78, 5) is 29.4. The van der Waals surface area contributed by atoms with Crippen LogP contribution in [0, 0.1) is 5.92 Å². The van der Waals surface area contributed by atoms with E-state index in [1.165, 1.54) is 0 Å². The lowest BCUT2D eigenvalue weighted by Gasteiger charge is -2.23. The molecule has 0 aromatic heterocycles. The zero-order valence-corrected chi connectivity index (χ0v) is 16.1. The highest BCUT2D eigenvalue weighted by Gasteiger charge is 2.41. The van der Waals surface area contributed by atoms with Gasteiger partial charge in [0.05, 0.1) is 13.0 Å². The van der Waals surface area contributed by atoms with Crippen LogP contribution in [0.3, 0.4) is 0 Å². The zero-order valence-electron chi connectivity index (χ0n) is 16.1. The summed E-state index contributed by atoms with van der Waals surface area (Å²) < 4.78 is 5.35. The lowest BCUT2D eigenvalue weighted by atomic mass is 9.88. The molecule has 1 heterocycles. The predicted molar refractivity (Wildman–Crippen MR) is 105 cm³/mol. The first-order chi connectivity index (χ1) is 13.0. The van der Waals surface area contributed by atoms with Crippen molar-refractivity contribution in [1.29, 1.82) is 0 Å². The van der Waals surface area contributed by atoms with Gasteiger partial charge in [-0.1, -0.05) is 30.3 Å². The van der Waals surface area contributed by atoms with E-state index in [9.17, 15) is 9.59 Å². The van der Waals surface area contributed by atoms with Gasteiger partial charge in [0.1, 0.15) is 5.75 Å². The Kier molecular flexibility index (Phi) is 5.79. The molecule has 1 saturated heterocycles. The van der Waals surface area contributed by atoms with Gasteiger partial charge >= 0.3 is 0 Å². The number of carbonyl (C=O) groups is 2. The molecule has 1 aliphatic heterocycles. The van der Waals surface area contributed by atoms with Crippen LogP contribution in [-0.2, 0) is 4.79 Å². The van der Waals surface area contributed by atoms with Gasteiger partial charge in [-0.05, 0) is 36.8 Å². The number of hydrogen-bond donors (Lipinski definition) is 0. The summed E-state index contributed by atoms with van der Waals surface area (Å²) in [6.07, 6.45) is 0. The van der Waals surface area contributed by atoms with Gasteiger partial charge in [-0.3, -0.25) is 9.59 Å². The van der Waals surface area contributed by atoms with E-state index in [0.29, 0.717) is 25.2 Å². The topological polar surface area (TPSA) is 49.9 Å². The summed E-state index contributed by atoms with van der Waals surface area (Å²) in [5, 5.41) is 0. The molecule has 2 unspecified atom stereocenters. The lowest BCUT2D eigenvalue weighted by molar-refractivity contribution is -0.133. The van der Waals surface area contributed by atoms with E-state index in [0.717, 1.165) is 11.3 Å². The third-order valence-electron chi connectivity index (χ3n) is 5.32. The van der Waals surface area contributed by atoms with Crippen molar-refractivity contribution in [2.45, 2.75) is 12.8 Å². The molecule has 0 saturated carbocycles. The largest absolute Gasteiger partial charge is 0.497 e. The van der Waals surface area contributed by atoms with Crippen molar-refractivity contribution in [3.63, 3.8) is 0 Å². The number of benzene rings is 2. The fraction of sp³-hybridized carbons (Fsp3) is 0.364. The molecule has 5 nitrogen and oxygen atoms in total. The van der Waals surface area contributed by atoms with Crippen LogP contribution in [0.25, 0.3) is 0 Å². The van der Waals surface area contributed by atoms with Crippen LogP contribution in [0.2, 0.25) is 0 Å². The summed E-state index contributed by atoms with van der Waals surface area (Å²) in [5.41, 5.74) is 1.68. The van der Waals surface area contributed by atoms with Gasteiger partial charge in [0, 0.05) is 38.2 Å². The molecule has 0 spiro atoms. The molecule has 27 heavy (non-hydrogen) atoms. The van der Waals surface area contributed by atoms with Crippen LogP contribution in [0.4, 0.5) is 0 Å². The van der Waals surface area contributed by atoms with Crippen LogP contribution >= 0.6 is 0 Å². The SMILES string of the molecule is CCN(C)C(=O)C1CN(C(=O)c2ccccc2)CC1c1cccc(OC)c1. The third-order valence-corrected chi connectivity index (χ3v) is 5.32. The second-order valence-electron chi connectivity index (χ2n) is 6.92. The molecule has 2 amide bonds. The highest BCUT2D eigenvalue weighted by atomic mass is 16.5. The third kappa shape index (κ3) is 3.97. The van der Waals surface area contributed by atoms with Gasteiger partial charge in [0.15, 0.2) is 0 Å². The maximum absolute atomic E-state index is 13.0. The van der Waals surface area contributed by atoms with E-state index >= 15 is 0 Å². The Labute approximate surface area is 160 Å². The number of likely N-dealkylation sites (tertiary alicyclic amines) is 1. The van der Waals surface area contributed by atoms with E-state index in [1.54, 1.807) is 16.9 Å². The molecule has 0 N–H and O–H groups in total. The second kappa shape index (κ2) is 8.25. The molecule has 3 rings (SSSR count). The Morgan fingerprint density at radius 3 is 2.52 bits per heavy atom. The Hall–Kier alpha value is -2.82. The van der Waals surface area contributed by atoms with Gasteiger partial charge in [-0.15, -0.1) is 0 Å². The molecule has 2 atom stereocenters. The van der Waals surface area contributed by atoms with Crippen molar-refractivity contribution in [3.05, 3.63) is 65.7 Å². The molecule has 2 aromatic rings. The Morgan fingerprint density at radius 1 is 1.11 bits per heavy atom. The van der Waals surface area contributed by atoms with E-state index in [4.69, 9.17) is 4.74 Å². The predicted octanol–water partition coefficient (Wildman–Crippen LogP) is 3.03. The number of nitrogens with zero attached hydrogens (tertiary/aromatic N) is 2. The molecule has 0 aliphatic carbocycles. The normalized spacial score (nSPS) is 19.0. The van der Waals surface area contributed by atoms with Gasteiger partial charge in [-0.25, -0.2) is 0 Å². The Balaban J connectivity index is 1.91. The number of ether oxygens (including phenoxy) is 1. The van der Waals surface area contributed by atoms with Crippen LogP contribution in [0.15, 0.2) is 54.6 Å². The van der Waals surface area contributed by atoms with Crippen LogP contribution < -0.4 is 4.74 Å². The minimum absolute atomic E-state index is 0.0297. The van der Waals surface area contributed by atoms with E-state index in [1.807, 2.05) is 68.6 Å². The average molecular weight is 366 g/mol. The molecule has 0 bridgehead atoms. The van der Waals surface area contributed by atoms with E-state index < -0.39 is 0 Å². The molecular weight excluding hydrogens is 340 g/mol. The van der Waals surface area contributed by atoms with Crippen LogP contribution in [0.5, 0.6) is 5.75 Å². The maximum Gasteiger partial charge on any atom is 0.253 e. The molecule has 1 aliphatic rings. The number of methoxy groups -OCH3 is 1. The summed E-state index contributed by atoms with van der Waals surface area (Å²) in [7, 11) is 3.44. The van der Waals surface area contributed by atoms with E-state index in [-0.39, 0.29) is 23.7 Å². The van der Waals surface area contributed by atoms with Gasteiger partial charge in [0.2, 0.25) is 5.91 Å². The number of rotatable bonds is 5. The van der Waals surface area contributed by atoms with Gasteiger partial charge in [0.25, 0.3) is 5.91 Å². The van der Waals surface area contributed by atoms with Crippen molar-refractivity contribution in [1.82, 2.24) is 9.80 Å². The molecule has 142 valence electrons. The summed E-state index contributed by atoms with van der Waals surface area (Å²) in [5.74, 6) is 0.506. The van der Waals surface area contributed by atoms with Gasteiger partial charge in [-0.2, -0.15) is 0 Å². The monoisotopic (exact) mass is 366 g/mol. The highest BCUT2D eigenvalue weighted by Crippen LogP contribution is 2.36.